The topological polar surface area (TPSA) is 69.6 Å². The fourth-order valence-corrected chi connectivity index (χ4v) is 2.41. The Kier molecular flexibility index (Phi) is 4.83. The molecular formula is C16H18N2O3. The van der Waals surface area contributed by atoms with Crippen LogP contribution < -0.4 is 10.2 Å². The smallest absolute Gasteiger partial charge is 0.321 e. The lowest BCUT2D eigenvalue weighted by atomic mass is 9.93. The highest BCUT2D eigenvalue weighted by atomic mass is 16.4. The van der Waals surface area contributed by atoms with Crippen molar-refractivity contribution in [3.63, 3.8) is 0 Å². The lowest BCUT2D eigenvalue weighted by Crippen LogP contribution is -2.47. The summed E-state index contributed by atoms with van der Waals surface area (Å²) in [5.41, 5.74) is 1.67. The van der Waals surface area contributed by atoms with Gasteiger partial charge in [-0.1, -0.05) is 18.2 Å². The van der Waals surface area contributed by atoms with E-state index in [-0.39, 0.29) is 12.6 Å². The molecule has 0 spiro atoms. The van der Waals surface area contributed by atoms with Crippen LogP contribution in [0.5, 0.6) is 0 Å². The number of aliphatic carboxylic acids is 1. The van der Waals surface area contributed by atoms with E-state index in [1.807, 2.05) is 24.3 Å². The number of fused-ring (bicyclic) bond motifs is 1. The Morgan fingerprint density at radius 2 is 2.19 bits per heavy atom. The van der Waals surface area contributed by atoms with Gasteiger partial charge in [0.1, 0.15) is 0 Å². The second kappa shape index (κ2) is 6.80. The third-order valence-corrected chi connectivity index (χ3v) is 3.45. The van der Waals surface area contributed by atoms with E-state index in [0.29, 0.717) is 19.4 Å². The summed E-state index contributed by atoms with van der Waals surface area (Å²) in [4.78, 5) is 25.0. The van der Waals surface area contributed by atoms with Crippen LogP contribution in [0.15, 0.2) is 24.3 Å². The number of hydrogen-bond acceptors (Lipinski definition) is 2. The Morgan fingerprint density at radius 3 is 2.90 bits per heavy atom. The highest BCUT2D eigenvalue weighted by Crippen LogP contribution is 2.29. The normalized spacial score (nSPS) is 16.4. The van der Waals surface area contributed by atoms with Gasteiger partial charge in [-0.25, -0.2) is 4.79 Å². The maximum atomic E-state index is 12.3. The minimum absolute atomic E-state index is 0.192. The predicted molar refractivity (Wildman–Crippen MR) is 80.1 cm³/mol. The lowest BCUT2D eigenvalue weighted by Gasteiger charge is -2.32. The van der Waals surface area contributed by atoms with Crippen molar-refractivity contribution in [3.8, 4) is 11.8 Å². The fraction of sp³-hybridized carbons (Fsp3) is 0.375. The Labute approximate surface area is 124 Å². The molecule has 1 unspecified atom stereocenters. The molecule has 5 heteroatoms. The summed E-state index contributed by atoms with van der Waals surface area (Å²) in [6.07, 6.45) is 1.04. The SMILES string of the molecule is CC#CCCNC(=O)N1CC(C(=O)O)Cc2ccccc21. The number of anilines is 1. The van der Waals surface area contributed by atoms with Crippen LogP contribution in [0.3, 0.4) is 0 Å². The summed E-state index contributed by atoms with van der Waals surface area (Å²) in [6.45, 7) is 2.40. The summed E-state index contributed by atoms with van der Waals surface area (Å²) in [7, 11) is 0. The van der Waals surface area contributed by atoms with Crippen molar-refractivity contribution >= 4 is 17.7 Å². The first kappa shape index (κ1) is 14.9. The van der Waals surface area contributed by atoms with Crippen molar-refractivity contribution in [1.29, 1.82) is 0 Å². The van der Waals surface area contributed by atoms with Crippen molar-refractivity contribution in [2.75, 3.05) is 18.0 Å². The van der Waals surface area contributed by atoms with Crippen LogP contribution in [0.25, 0.3) is 0 Å². The van der Waals surface area contributed by atoms with Gasteiger partial charge in [0, 0.05) is 25.2 Å². The van der Waals surface area contributed by atoms with Gasteiger partial charge in [-0.3, -0.25) is 9.69 Å². The van der Waals surface area contributed by atoms with Crippen LogP contribution in [-0.2, 0) is 11.2 Å². The summed E-state index contributed by atoms with van der Waals surface area (Å²) in [6, 6.07) is 7.15. The molecule has 0 aliphatic carbocycles. The molecule has 1 aliphatic rings. The first-order chi connectivity index (χ1) is 10.1. The van der Waals surface area contributed by atoms with Crippen molar-refractivity contribution in [2.24, 2.45) is 5.92 Å². The van der Waals surface area contributed by atoms with E-state index in [2.05, 4.69) is 17.2 Å². The number of carboxylic acids is 1. The quantitative estimate of drug-likeness (QED) is 0.658. The van der Waals surface area contributed by atoms with Gasteiger partial charge >= 0.3 is 12.0 Å². The van der Waals surface area contributed by atoms with Crippen LogP contribution in [0.4, 0.5) is 10.5 Å². The average Bonchev–Trinajstić information content (AvgIpc) is 2.50. The first-order valence-corrected chi connectivity index (χ1v) is 6.89. The Balaban J connectivity index is 2.14. The second-order valence-electron chi connectivity index (χ2n) is 4.89. The summed E-state index contributed by atoms with van der Waals surface area (Å²) in [5, 5.41) is 12.0. The predicted octanol–water partition coefficient (Wildman–Crippen LogP) is 1.87. The van der Waals surface area contributed by atoms with Crippen molar-refractivity contribution in [3.05, 3.63) is 29.8 Å². The molecule has 1 aromatic rings. The summed E-state index contributed by atoms with van der Waals surface area (Å²) in [5.74, 6) is 4.20. The maximum Gasteiger partial charge on any atom is 0.321 e. The highest BCUT2D eigenvalue weighted by molar-refractivity contribution is 5.94. The van der Waals surface area contributed by atoms with Gasteiger partial charge in [0.05, 0.1) is 5.92 Å². The third-order valence-electron chi connectivity index (χ3n) is 3.45. The minimum Gasteiger partial charge on any atom is -0.481 e. The monoisotopic (exact) mass is 286 g/mol. The van der Waals surface area contributed by atoms with E-state index in [4.69, 9.17) is 0 Å². The van der Waals surface area contributed by atoms with Gasteiger partial charge in [0.2, 0.25) is 0 Å². The van der Waals surface area contributed by atoms with Gasteiger partial charge in [-0.05, 0) is 25.0 Å². The molecule has 0 radical (unpaired) electrons. The summed E-state index contributed by atoms with van der Waals surface area (Å²) < 4.78 is 0. The molecule has 110 valence electrons. The molecule has 1 heterocycles. The van der Waals surface area contributed by atoms with Crippen LogP contribution in [-0.4, -0.2) is 30.2 Å². The molecule has 0 saturated heterocycles. The Hall–Kier alpha value is -2.48. The Bertz CT molecular complexity index is 601. The van der Waals surface area contributed by atoms with E-state index in [1.165, 1.54) is 4.90 Å². The zero-order chi connectivity index (χ0) is 15.2. The number of nitrogens with zero attached hydrogens (tertiary/aromatic N) is 1. The molecule has 5 nitrogen and oxygen atoms in total. The summed E-state index contributed by atoms with van der Waals surface area (Å²) >= 11 is 0. The number of amides is 2. The zero-order valence-electron chi connectivity index (χ0n) is 11.9. The number of benzene rings is 1. The molecule has 21 heavy (non-hydrogen) atoms. The van der Waals surface area contributed by atoms with Crippen molar-refractivity contribution < 1.29 is 14.7 Å². The molecule has 0 saturated carbocycles. The molecule has 1 aromatic carbocycles. The maximum absolute atomic E-state index is 12.3. The number of urea groups is 1. The van der Waals surface area contributed by atoms with Crippen LogP contribution in [0, 0.1) is 17.8 Å². The van der Waals surface area contributed by atoms with Crippen LogP contribution >= 0.6 is 0 Å². The average molecular weight is 286 g/mol. The molecular weight excluding hydrogens is 268 g/mol. The van der Waals surface area contributed by atoms with Crippen molar-refractivity contribution in [2.45, 2.75) is 19.8 Å². The van der Waals surface area contributed by atoms with Gasteiger partial charge < -0.3 is 10.4 Å². The van der Waals surface area contributed by atoms with Gasteiger partial charge in [0.25, 0.3) is 0 Å². The molecule has 1 aliphatic heterocycles. The van der Waals surface area contributed by atoms with E-state index in [9.17, 15) is 14.7 Å². The Morgan fingerprint density at radius 1 is 1.43 bits per heavy atom. The number of carbonyl (C=O) groups excluding carboxylic acids is 1. The number of nitrogens with one attached hydrogen (secondary N) is 1. The van der Waals surface area contributed by atoms with E-state index >= 15 is 0 Å². The molecule has 1 atom stereocenters. The fourth-order valence-electron chi connectivity index (χ4n) is 2.41. The number of carboxylic acid groups (broad SMARTS) is 1. The van der Waals surface area contributed by atoms with E-state index in [1.54, 1.807) is 6.92 Å². The number of para-hydroxylation sites is 1. The molecule has 2 rings (SSSR count). The largest absolute Gasteiger partial charge is 0.481 e. The van der Waals surface area contributed by atoms with Gasteiger partial charge in [-0.2, -0.15) is 0 Å². The molecule has 0 aromatic heterocycles. The van der Waals surface area contributed by atoms with Gasteiger partial charge in [0.15, 0.2) is 0 Å². The number of carbonyl (C=O) groups is 2. The number of rotatable bonds is 3. The van der Waals surface area contributed by atoms with Crippen LogP contribution in [0.1, 0.15) is 18.9 Å². The van der Waals surface area contributed by atoms with E-state index < -0.39 is 11.9 Å². The minimum atomic E-state index is -0.876. The van der Waals surface area contributed by atoms with E-state index in [0.717, 1.165) is 11.3 Å². The standard InChI is InChI=1S/C16H18N2O3/c1-2-3-6-9-17-16(21)18-11-13(15(19)20)10-12-7-4-5-8-14(12)18/h4-5,7-8,13H,6,9-11H2,1H3,(H,17,21)(H,19,20). The molecule has 0 bridgehead atoms. The first-order valence-electron chi connectivity index (χ1n) is 6.89. The zero-order valence-corrected chi connectivity index (χ0v) is 11.9. The number of hydrogen-bond donors (Lipinski definition) is 2. The molecule has 2 N–H and O–H groups in total. The highest BCUT2D eigenvalue weighted by Gasteiger charge is 2.31. The third kappa shape index (κ3) is 3.54. The van der Waals surface area contributed by atoms with Gasteiger partial charge in [-0.15, -0.1) is 11.8 Å². The van der Waals surface area contributed by atoms with Crippen LogP contribution in [0.2, 0.25) is 0 Å². The van der Waals surface area contributed by atoms with Crippen molar-refractivity contribution in [1.82, 2.24) is 5.32 Å². The lowest BCUT2D eigenvalue weighted by molar-refractivity contribution is -0.141. The molecule has 0 fully saturated rings. The molecule has 2 amide bonds. The second-order valence-corrected chi connectivity index (χ2v) is 4.89.